The maximum atomic E-state index is 12.9. The van der Waals surface area contributed by atoms with Crippen LogP contribution >= 0.6 is 11.6 Å². The summed E-state index contributed by atoms with van der Waals surface area (Å²) in [4.78, 5) is 0. The number of aliphatic hydroxyl groups excluding tert-OH is 1. The number of halogens is 3. The van der Waals surface area contributed by atoms with Gasteiger partial charge >= 0.3 is 0 Å². The Morgan fingerprint density at radius 2 is 1.94 bits per heavy atom. The van der Waals surface area contributed by atoms with E-state index in [1.807, 2.05) is 0 Å². The van der Waals surface area contributed by atoms with E-state index in [-0.39, 0.29) is 17.8 Å². The van der Waals surface area contributed by atoms with Gasteiger partial charge in [-0.2, -0.15) is 5.10 Å². The summed E-state index contributed by atoms with van der Waals surface area (Å²) in [5.41, 5.74) is 0.723. The molecule has 6 heteroatoms. The third-order valence-corrected chi connectivity index (χ3v) is 2.83. The monoisotopic (exact) mass is 272 g/mol. The summed E-state index contributed by atoms with van der Waals surface area (Å²) in [6.07, 6.45) is -1.40. The summed E-state index contributed by atoms with van der Waals surface area (Å²) in [5.74, 6) is 0. The van der Waals surface area contributed by atoms with Crippen LogP contribution in [0.3, 0.4) is 0 Å². The van der Waals surface area contributed by atoms with Crippen molar-refractivity contribution in [3.05, 3.63) is 52.3 Å². The second kappa shape index (κ2) is 5.46. The third kappa shape index (κ3) is 2.68. The molecule has 0 aliphatic heterocycles. The van der Waals surface area contributed by atoms with Crippen molar-refractivity contribution in [3.8, 4) is 0 Å². The SMILES string of the molecule is OCc1cnn(Cc2ccc(Cl)cc2)c1C(F)F. The van der Waals surface area contributed by atoms with Crippen LogP contribution < -0.4 is 0 Å². The molecular weight excluding hydrogens is 262 g/mol. The van der Waals surface area contributed by atoms with Gasteiger partial charge in [-0.05, 0) is 17.7 Å². The molecule has 96 valence electrons. The molecule has 0 atom stereocenters. The minimum absolute atomic E-state index is 0.152. The molecule has 1 heterocycles. The summed E-state index contributed by atoms with van der Waals surface area (Å²) < 4.78 is 27.0. The van der Waals surface area contributed by atoms with Gasteiger partial charge in [0.05, 0.1) is 19.3 Å². The lowest BCUT2D eigenvalue weighted by atomic mass is 10.2. The van der Waals surface area contributed by atoms with E-state index in [4.69, 9.17) is 16.7 Å². The number of nitrogens with zero attached hydrogens (tertiary/aromatic N) is 2. The van der Waals surface area contributed by atoms with Gasteiger partial charge < -0.3 is 5.11 Å². The van der Waals surface area contributed by atoms with Crippen LogP contribution in [0.4, 0.5) is 8.78 Å². The maximum Gasteiger partial charge on any atom is 0.280 e. The first-order chi connectivity index (χ1) is 8.61. The molecule has 3 nitrogen and oxygen atoms in total. The minimum Gasteiger partial charge on any atom is -0.392 e. The van der Waals surface area contributed by atoms with Crippen molar-refractivity contribution >= 4 is 11.6 Å². The average Bonchev–Trinajstić information content (AvgIpc) is 2.75. The van der Waals surface area contributed by atoms with Crippen LogP contribution in [-0.4, -0.2) is 14.9 Å². The first-order valence-electron chi connectivity index (χ1n) is 5.30. The van der Waals surface area contributed by atoms with Gasteiger partial charge in [0.15, 0.2) is 0 Å². The van der Waals surface area contributed by atoms with E-state index in [9.17, 15) is 8.78 Å². The first-order valence-corrected chi connectivity index (χ1v) is 5.67. The fraction of sp³-hybridized carbons (Fsp3) is 0.250. The Labute approximate surface area is 108 Å². The Bertz CT molecular complexity index is 525. The Morgan fingerprint density at radius 1 is 1.28 bits per heavy atom. The molecule has 0 bridgehead atoms. The van der Waals surface area contributed by atoms with Crippen molar-refractivity contribution in [1.82, 2.24) is 9.78 Å². The van der Waals surface area contributed by atoms with E-state index in [0.29, 0.717) is 5.02 Å². The highest BCUT2D eigenvalue weighted by molar-refractivity contribution is 6.30. The molecular formula is C12H11ClF2N2O. The smallest absolute Gasteiger partial charge is 0.280 e. The number of aromatic nitrogens is 2. The number of alkyl halides is 2. The fourth-order valence-electron chi connectivity index (χ4n) is 1.70. The number of benzene rings is 1. The molecule has 0 aliphatic carbocycles. The summed E-state index contributed by atoms with van der Waals surface area (Å²) in [7, 11) is 0. The van der Waals surface area contributed by atoms with Crippen molar-refractivity contribution in [2.24, 2.45) is 0 Å². The first kappa shape index (κ1) is 13.0. The normalized spacial score (nSPS) is 11.2. The molecule has 1 N–H and O–H groups in total. The van der Waals surface area contributed by atoms with Crippen LogP contribution in [0.5, 0.6) is 0 Å². The Kier molecular flexibility index (Phi) is 3.93. The quantitative estimate of drug-likeness (QED) is 0.929. The van der Waals surface area contributed by atoms with Crippen LogP contribution in [0, 0.1) is 0 Å². The van der Waals surface area contributed by atoms with Crippen LogP contribution in [0.25, 0.3) is 0 Å². The highest BCUT2D eigenvalue weighted by Crippen LogP contribution is 2.23. The molecule has 1 aromatic heterocycles. The molecule has 18 heavy (non-hydrogen) atoms. The fourth-order valence-corrected chi connectivity index (χ4v) is 1.82. The van der Waals surface area contributed by atoms with Crippen LogP contribution in [0.2, 0.25) is 5.02 Å². The minimum atomic E-state index is -2.66. The molecule has 0 saturated carbocycles. The van der Waals surface area contributed by atoms with E-state index in [1.165, 1.54) is 10.9 Å². The van der Waals surface area contributed by atoms with E-state index >= 15 is 0 Å². The summed E-state index contributed by atoms with van der Waals surface area (Å²) in [5, 5.41) is 13.4. The van der Waals surface area contributed by atoms with E-state index in [1.54, 1.807) is 24.3 Å². The largest absolute Gasteiger partial charge is 0.392 e. The standard InChI is InChI=1S/C12H11ClF2N2O/c13-10-3-1-8(2-4-10)6-17-11(12(14)15)9(7-18)5-16-17/h1-5,12,18H,6-7H2. The van der Waals surface area contributed by atoms with Gasteiger partial charge in [0.1, 0.15) is 5.69 Å². The van der Waals surface area contributed by atoms with Gasteiger partial charge in [0.25, 0.3) is 6.43 Å². The highest BCUT2D eigenvalue weighted by atomic mass is 35.5. The molecule has 0 amide bonds. The zero-order valence-electron chi connectivity index (χ0n) is 9.35. The van der Waals surface area contributed by atoms with E-state index in [2.05, 4.69) is 5.10 Å². The van der Waals surface area contributed by atoms with Gasteiger partial charge in [0.2, 0.25) is 0 Å². The van der Waals surface area contributed by atoms with Gasteiger partial charge in [-0.15, -0.1) is 0 Å². The summed E-state index contributed by atoms with van der Waals surface area (Å²) >= 11 is 5.75. The molecule has 0 fully saturated rings. The molecule has 0 saturated heterocycles. The Morgan fingerprint density at radius 3 is 2.50 bits per heavy atom. The van der Waals surface area contributed by atoms with Crippen molar-refractivity contribution in [1.29, 1.82) is 0 Å². The zero-order valence-corrected chi connectivity index (χ0v) is 10.1. The van der Waals surface area contributed by atoms with Gasteiger partial charge in [-0.1, -0.05) is 23.7 Å². The number of aliphatic hydroxyl groups is 1. The molecule has 0 aliphatic rings. The lowest BCUT2D eigenvalue weighted by molar-refractivity contribution is 0.135. The summed E-state index contributed by atoms with van der Waals surface area (Å²) in [6, 6.07) is 6.88. The zero-order chi connectivity index (χ0) is 13.1. The second-order valence-electron chi connectivity index (χ2n) is 3.80. The molecule has 0 spiro atoms. The van der Waals surface area contributed by atoms with Crippen molar-refractivity contribution in [2.45, 2.75) is 19.6 Å². The van der Waals surface area contributed by atoms with Crippen molar-refractivity contribution in [3.63, 3.8) is 0 Å². The second-order valence-corrected chi connectivity index (χ2v) is 4.23. The van der Waals surface area contributed by atoms with Crippen LogP contribution in [-0.2, 0) is 13.2 Å². The maximum absolute atomic E-state index is 12.9. The highest BCUT2D eigenvalue weighted by Gasteiger charge is 2.19. The van der Waals surface area contributed by atoms with Crippen LogP contribution in [0.15, 0.2) is 30.5 Å². The predicted octanol–water partition coefficient (Wildman–Crippen LogP) is 3.01. The molecule has 0 unspecified atom stereocenters. The Balaban J connectivity index is 2.28. The number of hydrogen-bond donors (Lipinski definition) is 1. The van der Waals surface area contributed by atoms with E-state index < -0.39 is 13.0 Å². The molecule has 2 aromatic rings. The number of rotatable bonds is 4. The molecule has 1 aromatic carbocycles. The predicted molar refractivity (Wildman–Crippen MR) is 63.7 cm³/mol. The lowest BCUT2D eigenvalue weighted by Gasteiger charge is -2.08. The summed E-state index contributed by atoms with van der Waals surface area (Å²) in [6.45, 7) is -0.225. The van der Waals surface area contributed by atoms with Gasteiger partial charge in [-0.25, -0.2) is 8.78 Å². The van der Waals surface area contributed by atoms with Crippen LogP contribution in [0.1, 0.15) is 23.2 Å². The third-order valence-electron chi connectivity index (χ3n) is 2.58. The van der Waals surface area contributed by atoms with Gasteiger partial charge in [0, 0.05) is 10.6 Å². The molecule has 0 radical (unpaired) electrons. The lowest BCUT2D eigenvalue weighted by Crippen LogP contribution is -2.08. The van der Waals surface area contributed by atoms with Gasteiger partial charge in [-0.3, -0.25) is 4.68 Å². The number of hydrogen-bond acceptors (Lipinski definition) is 2. The van der Waals surface area contributed by atoms with Crippen molar-refractivity contribution in [2.75, 3.05) is 0 Å². The Hall–Kier alpha value is -1.46. The average molecular weight is 273 g/mol. The van der Waals surface area contributed by atoms with E-state index in [0.717, 1.165) is 5.56 Å². The topological polar surface area (TPSA) is 38.1 Å². The van der Waals surface area contributed by atoms with Crippen molar-refractivity contribution < 1.29 is 13.9 Å². The molecule has 2 rings (SSSR count).